The second kappa shape index (κ2) is 7.25. The van der Waals surface area contributed by atoms with Crippen molar-refractivity contribution >= 4 is 0 Å². The number of piperazine rings is 1. The number of hydrogen-bond donors (Lipinski definition) is 1. The number of unbranched alkanes of at least 4 members (excludes halogenated alkanes) is 1. The maximum atomic E-state index is 6.11. The SMILES string of the molecule is CCCCN1CCN(C[C@H](N)C(C)C)CC1. The van der Waals surface area contributed by atoms with E-state index in [1.54, 1.807) is 0 Å². The summed E-state index contributed by atoms with van der Waals surface area (Å²) < 4.78 is 0. The van der Waals surface area contributed by atoms with Gasteiger partial charge >= 0.3 is 0 Å². The van der Waals surface area contributed by atoms with Crippen LogP contribution in [0.3, 0.4) is 0 Å². The van der Waals surface area contributed by atoms with Crippen LogP contribution in [-0.2, 0) is 0 Å². The minimum absolute atomic E-state index is 0.335. The second-order valence-corrected chi connectivity index (χ2v) is 5.40. The van der Waals surface area contributed by atoms with Crippen molar-refractivity contribution in [3.63, 3.8) is 0 Å². The lowest BCUT2D eigenvalue weighted by Gasteiger charge is -2.36. The van der Waals surface area contributed by atoms with Crippen molar-refractivity contribution in [1.82, 2.24) is 9.80 Å². The van der Waals surface area contributed by atoms with Crippen LogP contribution in [-0.4, -0.2) is 55.1 Å². The van der Waals surface area contributed by atoms with Crippen molar-refractivity contribution in [2.75, 3.05) is 39.3 Å². The molecule has 3 nitrogen and oxygen atoms in total. The first-order chi connectivity index (χ1) is 7.63. The van der Waals surface area contributed by atoms with E-state index in [0.29, 0.717) is 12.0 Å². The minimum Gasteiger partial charge on any atom is -0.326 e. The molecule has 0 aromatic carbocycles. The smallest absolute Gasteiger partial charge is 0.0191 e. The molecule has 16 heavy (non-hydrogen) atoms. The number of nitrogens with zero attached hydrogens (tertiary/aromatic N) is 2. The van der Waals surface area contributed by atoms with Gasteiger partial charge in [-0.2, -0.15) is 0 Å². The minimum atomic E-state index is 0.335. The molecule has 1 heterocycles. The lowest BCUT2D eigenvalue weighted by atomic mass is 10.0. The van der Waals surface area contributed by atoms with Crippen molar-refractivity contribution < 1.29 is 0 Å². The average molecular weight is 227 g/mol. The molecule has 3 heteroatoms. The normalized spacial score (nSPS) is 21.6. The van der Waals surface area contributed by atoms with Gasteiger partial charge in [0.1, 0.15) is 0 Å². The molecule has 0 amide bonds. The predicted molar refractivity (Wildman–Crippen MR) is 70.6 cm³/mol. The monoisotopic (exact) mass is 227 g/mol. The zero-order chi connectivity index (χ0) is 12.0. The summed E-state index contributed by atoms with van der Waals surface area (Å²) in [6.45, 7) is 13.9. The number of hydrogen-bond acceptors (Lipinski definition) is 3. The van der Waals surface area contributed by atoms with E-state index in [4.69, 9.17) is 5.73 Å². The molecule has 0 saturated carbocycles. The molecule has 1 aliphatic rings. The molecule has 1 rings (SSSR count). The molecule has 0 aromatic rings. The summed E-state index contributed by atoms with van der Waals surface area (Å²) in [6.07, 6.45) is 2.64. The zero-order valence-corrected chi connectivity index (χ0v) is 11.3. The highest BCUT2D eigenvalue weighted by Gasteiger charge is 2.19. The van der Waals surface area contributed by atoms with E-state index in [1.165, 1.54) is 45.6 Å². The molecule has 1 aliphatic heterocycles. The van der Waals surface area contributed by atoms with E-state index in [0.717, 1.165) is 6.54 Å². The van der Waals surface area contributed by atoms with Gasteiger partial charge < -0.3 is 10.6 Å². The van der Waals surface area contributed by atoms with Crippen molar-refractivity contribution in [2.45, 2.75) is 39.7 Å². The lowest BCUT2D eigenvalue weighted by molar-refractivity contribution is 0.121. The first kappa shape index (κ1) is 13.9. The van der Waals surface area contributed by atoms with Gasteiger partial charge in [-0.05, 0) is 18.9 Å². The van der Waals surface area contributed by atoms with Crippen LogP contribution in [0.1, 0.15) is 33.6 Å². The maximum absolute atomic E-state index is 6.11. The van der Waals surface area contributed by atoms with Gasteiger partial charge in [-0.25, -0.2) is 0 Å². The quantitative estimate of drug-likeness (QED) is 0.744. The highest BCUT2D eigenvalue weighted by atomic mass is 15.3. The molecule has 1 fully saturated rings. The van der Waals surface area contributed by atoms with Gasteiger partial charge in [0.2, 0.25) is 0 Å². The van der Waals surface area contributed by atoms with Crippen molar-refractivity contribution in [3.8, 4) is 0 Å². The van der Waals surface area contributed by atoms with Crippen LogP contribution in [0.5, 0.6) is 0 Å². The summed E-state index contributed by atoms with van der Waals surface area (Å²) in [5.74, 6) is 0.595. The maximum Gasteiger partial charge on any atom is 0.0191 e. The Kier molecular flexibility index (Phi) is 6.32. The fourth-order valence-electron chi connectivity index (χ4n) is 2.09. The van der Waals surface area contributed by atoms with Crippen LogP contribution in [0.4, 0.5) is 0 Å². The van der Waals surface area contributed by atoms with Crippen LogP contribution < -0.4 is 5.73 Å². The summed E-state index contributed by atoms with van der Waals surface area (Å²) in [4.78, 5) is 5.11. The standard InChI is InChI=1S/C13H29N3/c1-4-5-6-15-7-9-16(10-8-15)11-13(14)12(2)3/h12-13H,4-11,14H2,1-3H3/t13-/m0/s1. The largest absolute Gasteiger partial charge is 0.326 e. The number of nitrogens with two attached hydrogens (primary N) is 1. The molecule has 2 N–H and O–H groups in total. The average Bonchev–Trinajstić information content (AvgIpc) is 2.28. The van der Waals surface area contributed by atoms with Gasteiger partial charge in [-0.1, -0.05) is 27.2 Å². The Balaban J connectivity index is 2.16. The topological polar surface area (TPSA) is 32.5 Å². The summed E-state index contributed by atoms with van der Waals surface area (Å²) in [5.41, 5.74) is 6.11. The summed E-state index contributed by atoms with van der Waals surface area (Å²) in [6, 6.07) is 0.335. The number of rotatable bonds is 6. The summed E-state index contributed by atoms with van der Waals surface area (Å²) in [7, 11) is 0. The van der Waals surface area contributed by atoms with E-state index in [9.17, 15) is 0 Å². The zero-order valence-electron chi connectivity index (χ0n) is 11.3. The first-order valence-electron chi connectivity index (χ1n) is 6.83. The molecule has 0 aliphatic carbocycles. The second-order valence-electron chi connectivity index (χ2n) is 5.40. The van der Waals surface area contributed by atoms with Gasteiger partial charge in [0.05, 0.1) is 0 Å². The van der Waals surface area contributed by atoms with Gasteiger partial charge in [-0.15, -0.1) is 0 Å². The summed E-state index contributed by atoms with van der Waals surface area (Å²) >= 11 is 0. The van der Waals surface area contributed by atoms with Crippen molar-refractivity contribution in [1.29, 1.82) is 0 Å². The van der Waals surface area contributed by atoms with Gasteiger partial charge in [0.15, 0.2) is 0 Å². The molecule has 1 saturated heterocycles. The van der Waals surface area contributed by atoms with Crippen molar-refractivity contribution in [3.05, 3.63) is 0 Å². The fraction of sp³-hybridized carbons (Fsp3) is 1.00. The third-order valence-electron chi connectivity index (χ3n) is 3.62. The van der Waals surface area contributed by atoms with Crippen molar-refractivity contribution in [2.24, 2.45) is 11.7 Å². The van der Waals surface area contributed by atoms with Crippen LogP contribution in [0.2, 0.25) is 0 Å². The highest BCUT2D eigenvalue weighted by molar-refractivity contribution is 4.77. The Labute approximate surface area is 101 Å². The Morgan fingerprint density at radius 3 is 2.12 bits per heavy atom. The Bertz CT molecular complexity index is 174. The third-order valence-corrected chi connectivity index (χ3v) is 3.62. The molecule has 0 spiro atoms. The molecular weight excluding hydrogens is 198 g/mol. The van der Waals surface area contributed by atoms with E-state index < -0.39 is 0 Å². The molecule has 1 atom stereocenters. The van der Waals surface area contributed by atoms with Crippen LogP contribution in [0.15, 0.2) is 0 Å². The van der Waals surface area contributed by atoms with Gasteiger partial charge in [0.25, 0.3) is 0 Å². The molecule has 0 bridgehead atoms. The van der Waals surface area contributed by atoms with E-state index in [2.05, 4.69) is 30.6 Å². The van der Waals surface area contributed by atoms with E-state index in [1.807, 2.05) is 0 Å². The van der Waals surface area contributed by atoms with Crippen LogP contribution in [0.25, 0.3) is 0 Å². The Morgan fingerprint density at radius 2 is 1.62 bits per heavy atom. The highest BCUT2D eigenvalue weighted by Crippen LogP contribution is 2.06. The van der Waals surface area contributed by atoms with Gasteiger partial charge in [-0.3, -0.25) is 4.90 Å². The molecule has 0 aromatic heterocycles. The summed E-state index contributed by atoms with van der Waals surface area (Å²) in [5, 5.41) is 0. The first-order valence-corrected chi connectivity index (χ1v) is 6.83. The predicted octanol–water partition coefficient (Wildman–Crippen LogP) is 1.39. The molecule has 0 radical (unpaired) electrons. The Hall–Kier alpha value is -0.120. The van der Waals surface area contributed by atoms with E-state index in [-0.39, 0.29) is 0 Å². The van der Waals surface area contributed by atoms with Gasteiger partial charge in [0, 0.05) is 38.8 Å². The Morgan fingerprint density at radius 1 is 1.06 bits per heavy atom. The molecule has 0 unspecified atom stereocenters. The third kappa shape index (κ3) is 4.81. The molecular formula is C13H29N3. The fourth-order valence-corrected chi connectivity index (χ4v) is 2.09. The van der Waals surface area contributed by atoms with Crippen LogP contribution >= 0.6 is 0 Å². The van der Waals surface area contributed by atoms with E-state index >= 15 is 0 Å². The molecule has 96 valence electrons. The lowest BCUT2D eigenvalue weighted by Crippen LogP contribution is -2.50. The van der Waals surface area contributed by atoms with Crippen LogP contribution in [0, 0.1) is 5.92 Å².